The van der Waals surface area contributed by atoms with E-state index >= 15 is 0 Å². The Kier molecular flexibility index (Phi) is 3.74. The summed E-state index contributed by atoms with van der Waals surface area (Å²) in [6.07, 6.45) is 0.665. The van der Waals surface area contributed by atoms with Crippen LogP contribution in [0, 0.1) is 0 Å². The van der Waals surface area contributed by atoms with Crippen LogP contribution in [-0.4, -0.2) is 33.6 Å². The number of likely N-dealkylation sites (N-methyl/N-ethyl adjacent to an activating group) is 1. The number of aryl methyl sites for hydroxylation is 1. The molecule has 0 aliphatic heterocycles. The van der Waals surface area contributed by atoms with Gasteiger partial charge in [0.2, 0.25) is 5.91 Å². The Balaban J connectivity index is 2.63. The van der Waals surface area contributed by atoms with Crippen molar-refractivity contribution in [3.63, 3.8) is 0 Å². The number of carbonyl (C=O) groups excluding carboxylic acids is 1. The summed E-state index contributed by atoms with van der Waals surface area (Å²) in [7, 11) is 1.59. The second kappa shape index (κ2) is 5.32. The summed E-state index contributed by atoms with van der Waals surface area (Å²) in [5.74, 6) is -0.334. The average Bonchev–Trinajstić information content (AvgIpc) is 2.82. The monoisotopic (exact) mass is 275 g/mol. The number of hydrogen-bond donors (Lipinski definition) is 2. The maximum atomic E-state index is 11.8. The number of amides is 1. The highest BCUT2D eigenvalue weighted by Gasteiger charge is 2.20. The second-order valence-electron chi connectivity index (χ2n) is 4.55. The first-order chi connectivity index (χ1) is 9.49. The van der Waals surface area contributed by atoms with Crippen LogP contribution in [0.1, 0.15) is 36.1 Å². The Morgan fingerprint density at radius 2 is 2.15 bits per heavy atom. The van der Waals surface area contributed by atoms with Gasteiger partial charge < -0.3 is 15.0 Å². The lowest BCUT2D eigenvalue weighted by Crippen LogP contribution is -2.28. The normalized spacial score (nSPS) is 12.3. The van der Waals surface area contributed by atoms with Crippen molar-refractivity contribution in [3.05, 3.63) is 29.6 Å². The Morgan fingerprint density at radius 3 is 2.70 bits per heavy atom. The molecule has 6 heteroatoms. The third-order valence-corrected chi connectivity index (χ3v) is 3.34. The highest BCUT2D eigenvalue weighted by atomic mass is 16.4. The van der Waals surface area contributed by atoms with E-state index in [-0.39, 0.29) is 11.5 Å². The topological polar surface area (TPSA) is 84.2 Å². The van der Waals surface area contributed by atoms with Crippen LogP contribution in [0.2, 0.25) is 0 Å². The van der Waals surface area contributed by atoms with E-state index in [0.29, 0.717) is 11.9 Å². The van der Waals surface area contributed by atoms with Crippen molar-refractivity contribution in [3.8, 4) is 0 Å². The van der Waals surface area contributed by atoms with E-state index in [2.05, 4.69) is 10.3 Å². The van der Waals surface area contributed by atoms with Crippen LogP contribution >= 0.6 is 0 Å². The standard InChI is InChI=1S/C14H17N3O3/c1-4-12-16-10-7-9(14(19)20)5-6-11(10)17(12)8(2)13(18)15-3/h5-8H,4H2,1-3H3,(H,15,18)(H,19,20). The molecule has 0 aliphatic carbocycles. The van der Waals surface area contributed by atoms with Gasteiger partial charge in [-0.2, -0.15) is 0 Å². The van der Waals surface area contributed by atoms with Crippen molar-refractivity contribution in [1.29, 1.82) is 0 Å². The molecule has 6 nitrogen and oxygen atoms in total. The van der Waals surface area contributed by atoms with Crippen molar-refractivity contribution < 1.29 is 14.7 Å². The first-order valence-electron chi connectivity index (χ1n) is 6.45. The molecule has 20 heavy (non-hydrogen) atoms. The summed E-state index contributed by atoms with van der Waals surface area (Å²) in [5, 5.41) is 11.6. The third-order valence-electron chi connectivity index (χ3n) is 3.34. The Labute approximate surface area is 116 Å². The number of nitrogens with zero attached hydrogens (tertiary/aromatic N) is 2. The van der Waals surface area contributed by atoms with E-state index in [1.165, 1.54) is 12.1 Å². The van der Waals surface area contributed by atoms with Gasteiger partial charge >= 0.3 is 5.97 Å². The van der Waals surface area contributed by atoms with E-state index in [9.17, 15) is 9.59 Å². The van der Waals surface area contributed by atoms with Crippen LogP contribution in [0.4, 0.5) is 0 Å². The molecule has 0 radical (unpaired) electrons. The van der Waals surface area contributed by atoms with Gasteiger partial charge in [-0.3, -0.25) is 4.79 Å². The number of aromatic nitrogens is 2. The molecule has 2 aromatic rings. The van der Waals surface area contributed by atoms with Gasteiger partial charge in [-0.05, 0) is 25.1 Å². The smallest absolute Gasteiger partial charge is 0.335 e. The number of fused-ring (bicyclic) bond motifs is 1. The molecule has 1 aromatic heterocycles. The highest BCUT2D eigenvalue weighted by molar-refractivity contribution is 5.93. The number of carboxylic acid groups (broad SMARTS) is 1. The van der Waals surface area contributed by atoms with Crippen LogP contribution in [-0.2, 0) is 11.2 Å². The van der Waals surface area contributed by atoms with Gasteiger partial charge in [-0.15, -0.1) is 0 Å². The van der Waals surface area contributed by atoms with E-state index in [1.54, 1.807) is 20.0 Å². The minimum absolute atomic E-state index is 0.110. The molecule has 2 rings (SSSR count). The van der Waals surface area contributed by atoms with E-state index in [0.717, 1.165) is 11.3 Å². The molecule has 0 bridgehead atoms. The first kappa shape index (κ1) is 14.0. The molecule has 1 heterocycles. The number of nitrogens with one attached hydrogen (secondary N) is 1. The Hall–Kier alpha value is -2.37. The number of carboxylic acids is 1. The minimum atomic E-state index is -0.987. The third kappa shape index (κ3) is 2.24. The Bertz CT molecular complexity index is 676. The van der Waals surface area contributed by atoms with Gasteiger partial charge in [-0.1, -0.05) is 6.92 Å². The fourth-order valence-electron chi connectivity index (χ4n) is 2.29. The molecule has 1 aromatic carbocycles. The Morgan fingerprint density at radius 1 is 1.45 bits per heavy atom. The average molecular weight is 275 g/mol. The molecule has 1 amide bonds. The summed E-state index contributed by atoms with van der Waals surface area (Å²) in [6.45, 7) is 3.75. The van der Waals surface area contributed by atoms with Crippen LogP contribution in [0.5, 0.6) is 0 Å². The van der Waals surface area contributed by atoms with Gasteiger partial charge in [0.25, 0.3) is 0 Å². The lowest BCUT2D eigenvalue weighted by molar-refractivity contribution is -0.123. The summed E-state index contributed by atoms with van der Waals surface area (Å²) in [5.41, 5.74) is 1.55. The van der Waals surface area contributed by atoms with Gasteiger partial charge in [0.1, 0.15) is 11.9 Å². The lowest BCUT2D eigenvalue weighted by atomic mass is 10.2. The maximum absolute atomic E-state index is 11.8. The molecule has 106 valence electrons. The predicted octanol–water partition coefficient (Wildman–Crippen LogP) is 1.60. The molecule has 0 spiro atoms. The molecule has 0 saturated heterocycles. The number of aromatic carboxylic acids is 1. The molecule has 0 saturated carbocycles. The number of imidazole rings is 1. The van der Waals surface area contributed by atoms with Gasteiger partial charge in [-0.25, -0.2) is 9.78 Å². The fraction of sp³-hybridized carbons (Fsp3) is 0.357. The SMILES string of the molecule is CCc1nc2cc(C(=O)O)ccc2n1C(C)C(=O)NC. The minimum Gasteiger partial charge on any atom is -0.478 e. The van der Waals surface area contributed by atoms with Crippen molar-refractivity contribution in [1.82, 2.24) is 14.9 Å². The van der Waals surface area contributed by atoms with Crippen molar-refractivity contribution in [2.45, 2.75) is 26.3 Å². The summed E-state index contributed by atoms with van der Waals surface area (Å²) < 4.78 is 1.85. The number of carbonyl (C=O) groups is 2. The number of benzene rings is 1. The van der Waals surface area contributed by atoms with E-state index in [4.69, 9.17) is 5.11 Å². The number of hydrogen-bond acceptors (Lipinski definition) is 3. The zero-order chi connectivity index (χ0) is 14.9. The molecular formula is C14H17N3O3. The van der Waals surface area contributed by atoms with Crippen LogP contribution in [0.15, 0.2) is 18.2 Å². The van der Waals surface area contributed by atoms with Crippen LogP contribution < -0.4 is 5.32 Å². The van der Waals surface area contributed by atoms with Crippen LogP contribution in [0.3, 0.4) is 0 Å². The summed E-state index contributed by atoms with van der Waals surface area (Å²) >= 11 is 0. The van der Waals surface area contributed by atoms with E-state index in [1.807, 2.05) is 11.5 Å². The molecule has 0 aliphatic rings. The van der Waals surface area contributed by atoms with Crippen molar-refractivity contribution in [2.75, 3.05) is 7.05 Å². The molecule has 1 unspecified atom stereocenters. The lowest BCUT2D eigenvalue weighted by Gasteiger charge is -2.15. The first-order valence-corrected chi connectivity index (χ1v) is 6.45. The second-order valence-corrected chi connectivity index (χ2v) is 4.55. The largest absolute Gasteiger partial charge is 0.478 e. The van der Waals surface area contributed by atoms with Gasteiger partial charge in [0.15, 0.2) is 0 Å². The quantitative estimate of drug-likeness (QED) is 0.887. The number of rotatable bonds is 4. The summed E-state index contributed by atoms with van der Waals surface area (Å²) in [4.78, 5) is 27.3. The zero-order valence-corrected chi connectivity index (χ0v) is 11.7. The molecule has 0 fully saturated rings. The van der Waals surface area contributed by atoms with Crippen molar-refractivity contribution >= 4 is 22.9 Å². The molecule has 1 atom stereocenters. The van der Waals surface area contributed by atoms with Gasteiger partial charge in [0, 0.05) is 13.5 Å². The highest BCUT2D eigenvalue weighted by Crippen LogP contribution is 2.23. The maximum Gasteiger partial charge on any atom is 0.335 e. The van der Waals surface area contributed by atoms with Gasteiger partial charge in [0.05, 0.1) is 16.6 Å². The van der Waals surface area contributed by atoms with Crippen LogP contribution in [0.25, 0.3) is 11.0 Å². The molecule has 2 N–H and O–H groups in total. The van der Waals surface area contributed by atoms with Crippen molar-refractivity contribution in [2.24, 2.45) is 0 Å². The fourth-order valence-corrected chi connectivity index (χ4v) is 2.29. The summed E-state index contributed by atoms with van der Waals surface area (Å²) in [6, 6.07) is 4.36. The molecular weight excluding hydrogens is 258 g/mol. The predicted molar refractivity (Wildman–Crippen MR) is 74.8 cm³/mol. The van der Waals surface area contributed by atoms with E-state index < -0.39 is 12.0 Å². The zero-order valence-electron chi connectivity index (χ0n) is 11.7.